The molecule has 0 aromatic heterocycles. The number of rotatable bonds is 3. The highest BCUT2D eigenvalue weighted by Crippen LogP contribution is 2.30. The number of esters is 1. The van der Waals surface area contributed by atoms with Gasteiger partial charge in [-0.3, -0.25) is 0 Å². The Kier molecular flexibility index (Phi) is 2.49. The van der Waals surface area contributed by atoms with Crippen LogP contribution in [0.25, 0.3) is 0 Å². The highest BCUT2D eigenvalue weighted by Gasteiger charge is 2.41. The monoisotopic (exact) mass is 207 g/mol. The first-order valence-corrected chi connectivity index (χ1v) is 4.75. The van der Waals surface area contributed by atoms with Crippen molar-refractivity contribution in [2.24, 2.45) is 0 Å². The van der Waals surface area contributed by atoms with Gasteiger partial charge < -0.3 is 14.4 Å². The fourth-order valence-electron chi connectivity index (χ4n) is 1.55. The number of benzene rings is 1. The Hall–Kier alpha value is -1.71. The highest BCUT2D eigenvalue weighted by atomic mass is 16.5. The standard InChI is InChI=1S/C11H13NO3/c1-14-9-5-3-4-8(6-9)12-7-10(12)11(13)15-2/h3-6,10H,7H2,1-2H3. The first-order chi connectivity index (χ1) is 7.26. The van der Waals surface area contributed by atoms with Crippen LogP contribution in [-0.4, -0.2) is 32.8 Å². The summed E-state index contributed by atoms with van der Waals surface area (Å²) in [7, 11) is 3.03. The van der Waals surface area contributed by atoms with Gasteiger partial charge in [0.15, 0.2) is 0 Å². The number of hydrogen-bond acceptors (Lipinski definition) is 4. The van der Waals surface area contributed by atoms with Gasteiger partial charge in [0.2, 0.25) is 0 Å². The maximum Gasteiger partial charge on any atom is 0.330 e. The molecular weight excluding hydrogens is 194 g/mol. The second-order valence-electron chi connectivity index (χ2n) is 3.39. The normalized spacial score (nSPS) is 18.5. The van der Waals surface area contributed by atoms with E-state index in [2.05, 4.69) is 4.74 Å². The zero-order valence-electron chi connectivity index (χ0n) is 8.77. The van der Waals surface area contributed by atoms with Crippen molar-refractivity contribution in [3.05, 3.63) is 24.3 Å². The van der Waals surface area contributed by atoms with Gasteiger partial charge in [-0.1, -0.05) is 6.07 Å². The van der Waals surface area contributed by atoms with Crippen LogP contribution in [0.1, 0.15) is 0 Å². The van der Waals surface area contributed by atoms with Crippen LogP contribution < -0.4 is 9.64 Å². The molecule has 0 spiro atoms. The predicted molar refractivity (Wildman–Crippen MR) is 56.1 cm³/mol. The van der Waals surface area contributed by atoms with Gasteiger partial charge in [0, 0.05) is 11.8 Å². The van der Waals surface area contributed by atoms with Gasteiger partial charge in [-0.2, -0.15) is 0 Å². The summed E-state index contributed by atoms with van der Waals surface area (Å²) in [6.07, 6.45) is 0. The van der Waals surface area contributed by atoms with E-state index in [1.807, 2.05) is 29.2 Å². The molecule has 80 valence electrons. The molecule has 1 heterocycles. The quantitative estimate of drug-likeness (QED) is 0.548. The lowest BCUT2D eigenvalue weighted by Gasteiger charge is -2.06. The van der Waals surface area contributed by atoms with Crippen molar-refractivity contribution in [1.29, 1.82) is 0 Å². The van der Waals surface area contributed by atoms with Crippen molar-refractivity contribution in [2.45, 2.75) is 6.04 Å². The highest BCUT2D eigenvalue weighted by molar-refractivity contribution is 5.86. The first kappa shape index (κ1) is 9.83. The molecule has 4 heteroatoms. The zero-order chi connectivity index (χ0) is 10.8. The van der Waals surface area contributed by atoms with Crippen LogP contribution >= 0.6 is 0 Å². The van der Waals surface area contributed by atoms with Crippen LogP contribution in [-0.2, 0) is 9.53 Å². The molecule has 0 saturated carbocycles. The number of methoxy groups -OCH3 is 2. The third-order valence-electron chi connectivity index (χ3n) is 2.47. The Balaban J connectivity index is 2.09. The Bertz CT molecular complexity index is 378. The lowest BCUT2D eigenvalue weighted by Crippen LogP contribution is -2.13. The molecule has 1 aromatic rings. The van der Waals surface area contributed by atoms with E-state index in [1.165, 1.54) is 7.11 Å². The van der Waals surface area contributed by atoms with Crippen molar-refractivity contribution in [3.8, 4) is 5.75 Å². The fraction of sp³-hybridized carbons (Fsp3) is 0.364. The van der Waals surface area contributed by atoms with Crippen LogP contribution in [0.3, 0.4) is 0 Å². The summed E-state index contributed by atoms with van der Waals surface area (Å²) in [5, 5.41) is 0. The minimum absolute atomic E-state index is 0.123. The molecule has 0 radical (unpaired) electrons. The molecule has 4 nitrogen and oxygen atoms in total. The lowest BCUT2D eigenvalue weighted by atomic mass is 10.3. The number of hydrogen-bond donors (Lipinski definition) is 0. The van der Waals surface area contributed by atoms with Gasteiger partial charge in [-0.05, 0) is 12.1 Å². The van der Waals surface area contributed by atoms with E-state index < -0.39 is 0 Å². The minimum atomic E-state index is -0.183. The molecule has 1 fully saturated rings. The topological polar surface area (TPSA) is 38.5 Å². The van der Waals surface area contributed by atoms with Crippen molar-refractivity contribution >= 4 is 11.7 Å². The maximum absolute atomic E-state index is 11.2. The summed E-state index contributed by atoms with van der Waals surface area (Å²) >= 11 is 0. The van der Waals surface area contributed by atoms with Crippen molar-refractivity contribution in [1.82, 2.24) is 0 Å². The van der Waals surface area contributed by atoms with E-state index in [0.717, 1.165) is 18.0 Å². The van der Waals surface area contributed by atoms with Crippen LogP contribution in [0.5, 0.6) is 5.75 Å². The second kappa shape index (κ2) is 3.81. The van der Waals surface area contributed by atoms with E-state index >= 15 is 0 Å². The van der Waals surface area contributed by atoms with Crippen LogP contribution in [0.15, 0.2) is 24.3 Å². The van der Waals surface area contributed by atoms with Crippen LogP contribution in [0.2, 0.25) is 0 Å². The van der Waals surface area contributed by atoms with E-state index in [1.54, 1.807) is 7.11 Å². The van der Waals surface area contributed by atoms with Gasteiger partial charge in [-0.25, -0.2) is 4.79 Å². The molecular formula is C11H13NO3. The van der Waals surface area contributed by atoms with Gasteiger partial charge in [0.1, 0.15) is 11.8 Å². The number of anilines is 1. The predicted octanol–water partition coefficient (Wildman–Crippen LogP) is 1.06. The van der Waals surface area contributed by atoms with E-state index in [0.29, 0.717) is 0 Å². The molecule has 1 aromatic carbocycles. The minimum Gasteiger partial charge on any atom is -0.497 e. The molecule has 1 unspecified atom stereocenters. The van der Waals surface area contributed by atoms with Gasteiger partial charge in [-0.15, -0.1) is 0 Å². The Morgan fingerprint density at radius 1 is 1.47 bits per heavy atom. The number of nitrogens with zero attached hydrogens (tertiary/aromatic N) is 1. The van der Waals surface area contributed by atoms with Gasteiger partial charge in [0.05, 0.1) is 20.8 Å². The van der Waals surface area contributed by atoms with Crippen LogP contribution in [0.4, 0.5) is 5.69 Å². The van der Waals surface area contributed by atoms with E-state index in [-0.39, 0.29) is 12.0 Å². The molecule has 0 aliphatic carbocycles. The molecule has 1 atom stereocenters. The van der Waals surface area contributed by atoms with Gasteiger partial charge >= 0.3 is 5.97 Å². The largest absolute Gasteiger partial charge is 0.497 e. The average molecular weight is 207 g/mol. The summed E-state index contributed by atoms with van der Waals surface area (Å²) in [6, 6.07) is 7.51. The summed E-state index contributed by atoms with van der Waals surface area (Å²) in [5.41, 5.74) is 0.991. The van der Waals surface area contributed by atoms with E-state index in [9.17, 15) is 4.79 Å². The third kappa shape index (κ3) is 1.88. The van der Waals surface area contributed by atoms with Crippen molar-refractivity contribution < 1.29 is 14.3 Å². The second-order valence-corrected chi connectivity index (χ2v) is 3.39. The maximum atomic E-state index is 11.2. The van der Waals surface area contributed by atoms with Gasteiger partial charge in [0.25, 0.3) is 0 Å². The molecule has 0 N–H and O–H groups in total. The zero-order valence-corrected chi connectivity index (χ0v) is 8.77. The Labute approximate surface area is 88.4 Å². The number of carbonyl (C=O) groups excluding carboxylic acids is 1. The molecule has 0 amide bonds. The molecule has 15 heavy (non-hydrogen) atoms. The van der Waals surface area contributed by atoms with Crippen molar-refractivity contribution in [2.75, 3.05) is 25.7 Å². The molecule has 1 aliphatic rings. The summed E-state index contributed by atoms with van der Waals surface area (Å²) < 4.78 is 9.78. The number of ether oxygens (including phenoxy) is 2. The molecule has 2 rings (SSSR count). The summed E-state index contributed by atoms with van der Waals surface area (Å²) in [4.78, 5) is 13.2. The average Bonchev–Trinajstić information content (AvgIpc) is 3.08. The summed E-state index contributed by atoms with van der Waals surface area (Å²) in [6.45, 7) is 0.722. The Morgan fingerprint density at radius 2 is 2.27 bits per heavy atom. The summed E-state index contributed by atoms with van der Waals surface area (Å²) in [5.74, 6) is 0.612. The third-order valence-corrected chi connectivity index (χ3v) is 2.47. The smallest absolute Gasteiger partial charge is 0.330 e. The fourth-order valence-corrected chi connectivity index (χ4v) is 1.55. The van der Waals surface area contributed by atoms with Crippen molar-refractivity contribution in [3.63, 3.8) is 0 Å². The number of carbonyl (C=O) groups is 1. The van der Waals surface area contributed by atoms with Crippen LogP contribution in [0, 0.1) is 0 Å². The first-order valence-electron chi connectivity index (χ1n) is 4.75. The molecule has 1 aliphatic heterocycles. The molecule has 1 saturated heterocycles. The Morgan fingerprint density at radius 3 is 2.93 bits per heavy atom. The molecule has 0 bridgehead atoms. The van der Waals surface area contributed by atoms with E-state index in [4.69, 9.17) is 4.74 Å². The SMILES string of the molecule is COC(=O)C1CN1c1cccc(OC)c1. The lowest BCUT2D eigenvalue weighted by molar-refractivity contribution is -0.139.